The minimum atomic E-state index is -0.672. The Kier molecular flexibility index (Phi) is 3.72. The lowest BCUT2D eigenvalue weighted by Crippen LogP contribution is -2.07. The maximum atomic E-state index is 11.5. The van der Waals surface area contributed by atoms with Gasteiger partial charge in [-0.3, -0.25) is 14.4 Å². The predicted molar refractivity (Wildman–Crippen MR) is 59.1 cm³/mol. The highest BCUT2D eigenvalue weighted by Gasteiger charge is 2.03. The Balaban J connectivity index is 2.86. The Morgan fingerprint density at radius 3 is 1.94 bits per heavy atom. The van der Waals surface area contributed by atoms with Gasteiger partial charge in [-0.05, 0) is 13.0 Å². The van der Waals surface area contributed by atoms with Gasteiger partial charge in [0.25, 0.3) is 0 Å². The second-order valence-electron chi connectivity index (χ2n) is 3.23. The van der Waals surface area contributed by atoms with Crippen LogP contribution in [0.5, 0.6) is 0 Å². The van der Waals surface area contributed by atoms with Gasteiger partial charge in [0.05, 0.1) is 0 Å². The van der Waals surface area contributed by atoms with Crippen LogP contribution >= 0.6 is 0 Å². The third-order valence-electron chi connectivity index (χ3n) is 1.97. The van der Waals surface area contributed by atoms with E-state index in [1.165, 1.54) is 19.1 Å². The van der Waals surface area contributed by atoms with Gasteiger partial charge in [-0.2, -0.15) is 0 Å². The van der Waals surface area contributed by atoms with Gasteiger partial charge < -0.3 is 5.73 Å². The van der Waals surface area contributed by atoms with Crippen molar-refractivity contribution in [2.24, 2.45) is 5.73 Å². The average molecular weight is 217 g/mol. The normalized spacial score (nSPS) is 10.3. The molecule has 4 heteroatoms. The summed E-state index contributed by atoms with van der Waals surface area (Å²) < 4.78 is 0. The molecule has 82 valence electrons. The summed E-state index contributed by atoms with van der Waals surface area (Å²) >= 11 is 0. The van der Waals surface area contributed by atoms with Gasteiger partial charge in [0, 0.05) is 17.2 Å². The molecule has 2 N–H and O–H groups in total. The quantitative estimate of drug-likeness (QED) is 0.606. The van der Waals surface area contributed by atoms with Crippen LogP contribution in [0.25, 0.3) is 0 Å². The molecule has 0 atom stereocenters. The number of amides is 1. The van der Waals surface area contributed by atoms with Crippen LogP contribution in [0, 0.1) is 0 Å². The van der Waals surface area contributed by atoms with Gasteiger partial charge in [-0.15, -0.1) is 0 Å². The van der Waals surface area contributed by atoms with Gasteiger partial charge in [0.1, 0.15) is 0 Å². The summed E-state index contributed by atoms with van der Waals surface area (Å²) in [6, 6.07) is 6.19. The first-order valence-electron chi connectivity index (χ1n) is 4.63. The highest BCUT2D eigenvalue weighted by molar-refractivity contribution is 6.07. The number of hydrogen-bond donors (Lipinski definition) is 1. The number of hydrogen-bond acceptors (Lipinski definition) is 3. The van der Waals surface area contributed by atoms with Gasteiger partial charge in [-0.1, -0.05) is 24.3 Å². The summed E-state index contributed by atoms with van der Waals surface area (Å²) in [6.07, 6.45) is 2.10. The first-order chi connectivity index (χ1) is 7.50. The second-order valence-corrected chi connectivity index (χ2v) is 3.23. The zero-order valence-electron chi connectivity index (χ0n) is 8.77. The van der Waals surface area contributed by atoms with Crippen molar-refractivity contribution < 1.29 is 14.4 Å². The number of rotatable bonds is 4. The van der Waals surface area contributed by atoms with E-state index in [0.29, 0.717) is 11.1 Å². The largest absolute Gasteiger partial charge is 0.366 e. The number of primary amides is 1. The second kappa shape index (κ2) is 5.02. The molecule has 0 aromatic heterocycles. The predicted octanol–water partition coefficient (Wildman–Crippen LogP) is 1.11. The molecule has 0 radical (unpaired) electrons. The first-order valence-corrected chi connectivity index (χ1v) is 4.63. The van der Waals surface area contributed by atoms with E-state index in [1.807, 2.05) is 0 Å². The minimum Gasteiger partial charge on any atom is -0.366 e. The highest BCUT2D eigenvalue weighted by atomic mass is 16.1. The lowest BCUT2D eigenvalue weighted by Gasteiger charge is -1.97. The molecule has 1 amide bonds. The Bertz CT molecular complexity index is 458. The van der Waals surface area contributed by atoms with Crippen LogP contribution in [0.2, 0.25) is 0 Å². The average Bonchev–Trinajstić information content (AvgIpc) is 2.26. The number of benzene rings is 1. The number of ketones is 2. The van der Waals surface area contributed by atoms with Crippen molar-refractivity contribution in [3.63, 3.8) is 0 Å². The molecule has 0 spiro atoms. The monoisotopic (exact) mass is 217 g/mol. The third-order valence-corrected chi connectivity index (χ3v) is 1.97. The molecule has 0 bridgehead atoms. The Morgan fingerprint density at radius 2 is 1.50 bits per heavy atom. The summed E-state index contributed by atoms with van der Waals surface area (Å²) in [5.41, 5.74) is 5.80. The number of carbonyl (C=O) groups excluding carboxylic acids is 3. The van der Waals surface area contributed by atoms with Gasteiger partial charge in [0.15, 0.2) is 11.6 Å². The molecule has 0 saturated heterocycles. The SMILES string of the molecule is CC(=O)c1ccc(C(=O)/C=C/C(N)=O)cc1. The molecular formula is C12H11NO3. The van der Waals surface area contributed by atoms with E-state index in [2.05, 4.69) is 0 Å². The summed E-state index contributed by atoms with van der Waals surface area (Å²) in [5.74, 6) is -1.06. The van der Waals surface area contributed by atoms with Gasteiger partial charge in [-0.25, -0.2) is 0 Å². The molecule has 1 aromatic carbocycles. The maximum Gasteiger partial charge on any atom is 0.241 e. The fraction of sp³-hybridized carbons (Fsp3) is 0.0833. The lowest BCUT2D eigenvalue weighted by atomic mass is 10.1. The molecule has 0 unspecified atom stereocenters. The van der Waals surface area contributed by atoms with Gasteiger partial charge >= 0.3 is 0 Å². The van der Waals surface area contributed by atoms with Crippen molar-refractivity contribution in [2.75, 3.05) is 0 Å². The number of carbonyl (C=O) groups is 3. The Hall–Kier alpha value is -2.23. The molecule has 1 rings (SSSR count). The molecule has 16 heavy (non-hydrogen) atoms. The van der Waals surface area contributed by atoms with E-state index in [9.17, 15) is 14.4 Å². The lowest BCUT2D eigenvalue weighted by molar-refractivity contribution is -0.113. The van der Waals surface area contributed by atoms with Crippen molar-refractivity contribution >= 4 is 17.5 Å². The van der Waals surface area contributed by atoms with Crippen LogP contribution in [-0.4, -0.2) is 17.5 Å². The molecule has 0 fully saturated rings. The Morgan fingerprint density at radius 1 is 1.00 bits per heavy atom. The minimum absolute atomic E-state index is 0.0633. The van der Waals surface area contributed by atoms with Crippen molar-refractivity contribution in [2.45, 2.75) is 6.92 Å². The van der Waals surface area contributed by atoms with Crippen LogP contribution < -0.4 is 5.73 Å². The van der Waals surface area contributed by atoms with Crippen molar-refractivity contribution in [1.82, 2.24) is 0 Å². The summed E-state index contributed by atoms with van der Waals surface area (Å²) in [5, 5.41) is 0. The van der Waals surface area contributed by atoms with E-state index in [1.54, 1.807) is 12.1 Å². The van der Waals surface area contributed by atoms with Gasteiger partial charge in [0.2, 0.25) is 5.91 Å². The summed E-state index contributed by atoms with van der Waals surface area (Å²) in [4.78, 5) is 32.8. The summed E-state index contributed by atoms with van der Waals surface area (Å²) in [7, 11) is 0. The molecule has 0 aliphatic carbocycles. The van der Waals surface area contributed by atoms with Crippen LogP contribution in [-0.2, 0) is 4.79 Å². The van der Waals surface area contributed by atoms with Crippen LogP contribution in [0.4, 0.5) is 0 Å². The first kappa shape index (κ1) is 11.8. The molecule has 0 aliphatic rings. The Labute approximate surface area is 92.8 Å². The molecule has 0 heterocycles. The van der Waals surface area contributed by atoms with Crippen LogP contribution in [0.15, 0.2) is 36.4 Å². The smallest absolute Gasteiger partial charge is 0.241 e. The zero-order chi connectivity index (χ0) is 12.1. The van der Waals surface area contributed by atoms with E-state index in [0.717, 1.165) is 12.2 Å². The van der Waals surface area contributed by atoms with E-state index in [-0.39, 0.29) is 11.6 Å². The number of Topliss-reactive ketones (excluding diaryl/α,β-unsaturated/α-hetero) is 1. The topological polar surface area (TPSA) is 77.2 Å². The number of nitrogens with two attached hydrogens (primary N) is 1. The molecule has 4 nitrogen and oxygen atoms in total. The van der Waals surface area contributed by atoms with Crippen molar-refractivity contribution in [3.8, 4) is 0 Å². The van der Waals surface area contributed by atoms with E-state index >= 15 is 0 Å². The molecule has 0 saturated carbocycles. The van der Waals surface area contributed by atoms with Crippen molar-refractivity contribution in [1.29, 1.82) is 0 Å². The molecular weight excluding hydrogens is 206 g/mol. The highest BCUT2D eigenvalue weighted by Crippen LogP contribution is 2.06. The van der Waals surface area contributed by atoms with Crippen molar-refractivity contribution in [3.05, 3.63) is 47.5 Å². The fourth-order valence-corrected chi connectivity index (χ4v) is 1.12. The maximum absolute atomic E-state index is 11.5. The third kappa shape index (κ3) is 3.16. The van der Waals surface area contributed by atoms with E-state index < -0.39 is 5.91 Å². The standard InChI is InChI=1S/C12H11NO3/c1-8(14)9-2-4-10(5-3-9)11(15)6-7-12(13)16/h2-7H,1H3,(H2,13,16)/b7-6+. The van der Waals surface area contributed by atoms with Crippen LogP contribution in [0.1, 0.15) is 27.6 Å². The molecule has 0 aliphatic heterocycles. The molecule has 1 aromatic rings. The van der Waals surface area contributed by atoms with Crippen LogP contribution in [0.3, 0.4) is 0 Å². The fourth-order valence-electron chi connectivity index (χ4n) is 1.12. The number of allylic oxidation sites excluding steroid dienone is 1. The van der Waals surface area contributed by atoms with E-state index in [4.69, 9.17) is 5.73 Å². The zero-order valence-corrected chi connectivity index (χ0v) is 8.77. The summed E-state index contributed by atoms with van der Waals surface area (Å²) in [6.45, 7) is 1.45.